The summed E-state index contributed by atoms with van der Waals surface area (Å²) in [5.74, 6) is 0.0932. The number of nitrogens with zero attached hydrogens (tertiary/aromatic N) is 3. The Hall–Kier alpha value is -2.09. The highest BCUT2D eigenvalue weighted by Gasteiger charge is 2.30. The third kappa shape index (κ3) is 4.12. The molecule has 0 aliphatic heterocycles. The van der Waals surface area contributed by atoms with Gasteiger partial charge in [-0.05, 0) is 30.4 Å². The molecular weight excluding hydrogens is 363 g/mol. The van der Waals surface area contributed by atoms with Crippen LogP contribution in [0, 0.1) is 0 Å². The smallest absolute Gasteiger partial charge is 0.211 e. The van der Waals surface area contributed by atoms with E-state index in [-0.39, 0.29) is 24.3 Å². The van der Waals surface area contributed by atoms with Crippen molar-refractivity contribution in [2.24, 2.45) is 21.7 Å². The lowest BCUT2D eigenvalue weighted by molar-refractivity contribution is 0.181. The van der Waals surface area contributed by atoms with Crippen LogP contribution in [0.4, 0.5) is 0 Å². The van der Waals surface area contributed by atoms with E-state index in [4.69, 9.17) is 27.8 Å². The Bertz CT molecular complexity index is 798. The molecule has 134 valence electrons. The molecule has 1 aromatic heterocycles. The van der Waals surface area contributed by atoms with Crippen LogP contribution in [0.5, 0.6) is 0 Å². The van der Waals surface area contributed by atoms with Gasteiger partial charge in [-0.3, -0.25) is 5.10 Å². The minimum Gasteiger partial charge on any atom is -0.378 e. The third-order valence-corrected chi connectivity index (χ3v) is 4.35. The Morgan fingerprint density at radius 1 is 1.36 bits per heavy atom. The van der Waals surface area contributed by atoms with Gasteiger partial charge < -0.3 is 16.2 Å². The standard InChI is InChI=1S/C16H19ClN6O.ClH/c1-24-8-14-15-12(20-22-14)6-9(7-13(15)21-23-16(18)19)10-4-2-3-5-11(10)17;/h2-5,9H,6-8H2,1H3,(H,20,22)(H4,18,19,23);1H/b21-13-;. The van der Waals surface area contributed by atoms with Crippen LogP contribution in [-0.4, -0.2) is 29.0 Å². The van der Waals surface area contributed by atoms with Crippen molar-refractivity contribution in [3.05, 3.63) is 51.8 Å². The van der Waals surface area contributed by atoms with Crippen molar-refractivity contribution in [2.75, 3.05) is 7.11 Å². The van der Waals surface area contributed by atoms with E-state index in [1.807, 2.05) is 24.3 Å². The van der Waals surface area contributed by atoms with E-state index in [0.29, 0.717) is 13.0 Å². The van der Waals surface area contributed by atoms with Gasteiger partial charge in [0.1, 0.15) is 0 Å². The van der Waals surface area contributed by atoms with Gasteiger partial charge >= 0.3 is 0 Å². The molecule has 1 atom stereocenters. The summed E-state index contributed by atoms with van der Waals surface area (Å²) in [6.07, 6.45) is 1.46. The second-order valence-corrected chi connectivity index (χ2v) is 6.06. The van der Waals surface area contributed by atoms with Gasteiger partial charge in [-0.25, -0.2) is 0 Å². The van der Waals surface area contributed by atoms with Gasteiger partial charge in [-0.1, -0.05) is 29.8 Å². The summed E-state index contributed by atoms with van der Waals surface area (Å²) in [5, 5.41) is 16.2. The fourth-order valence-electron chi connectivity index (χ4n) is 3.04. The lowest BCUT2D eigenvalue weighted by Crippen LogP contribution is -2.23. The average molecular weight is 383 g/mol. The Morgan fingerprint density at radius 3 is 2.80 bits per heavy atom. The highest BCUT2D eigenvalue weighted by molar-refractivity contribution is 6.31. The molecule has 0 saturated carbocycles. The van der Waals surface area contributed by atoms with Crippen molar-refractivity contribution in [1.29, 1.82) is 0 Å². The van der Waals surface area contributed by atoms with Gasteiger partial charge in [-0.15, -0.1) is 17.5 Å². The van der Waals surface area contributed by atoms with E-state index >= 15 is 0 Å². The molecule has 1 aliphatic rings. The molecule has 9 heteroatoms. The maximum Gasteiger partial charge on any atom is 0.211 e. The lowest BCUT2D eigenvalue weighted by Gasteiger charge is -2.24. The molecule has 2 aromatic rings. The second-order valence-electron chi connectivity index (χ2n) is 5.66. The Balaban J connectivity index is 0.00000225. The molecule has 0 spiro atoms. The average Bonchev–Trinajstić information content (AvgIpc) is 2.96. The van der Waals surface area contributed by atoms with Crippen LogP contribution in [0.2, 0.25) is 5.02 Å². The second kappa shape index (κ2) is 8.33. The van der Waals surface area contributed by atoms with Crippen LogP contribution in [0.3, 0.4) is 0 Å². The van der Waals surface area contributed by atoms with Crippen molar-refractivity contribution in [2.45, 2.75) is 25.4 Å². The molecule has 0 saturated heterocycles. The third-order valence-electron chi connectivity index (χ3n) is 4.01. The molecule has 1 heterocycles. The molecule has 0 fully saturated rings. The summed E-state index contributed by atoms with van der Waals surface area (Å²) in [5.41, 5.74) is 15.4. The number of guanidine groups is 1. The first kappa shape index (κ1) is 19.2. The number of methoxy groups -OCH3 is 1. The number of rotatable bonds is 4. The predicted molar refractivity (Wildman–Crippen MR) is 101 cm³/mol. The van der Waals surface area contributed by atoms with E-state index < -0.39 is 0 Å². The number of benzene rings is 1. The first-order chi connectivity index (χ1) is 11.6. The SMILES string of the molecule is COCc1n[nH]c2c1/C(=N\N=C(N)N)CC(c1ccccc1Cl)C2.Cl. The van der Waals surface area contributed by atoms with Crippen molar-refractivity contribution in [1.82, 2.24) is 10.2 Å². The molecule has 5 N–H and O–H groups in total. The molecule has 7 nitrogen and oxygen atoms in total. The van der Waals surface area contributed by atoms with Gasteiger partial charge in [0.2, 0.25) is 5.96 Å². The van der Waals surface area contributed by atoms with Crippen LogP contribution in [0.25, 0.3) is 0 Å². The minimum atomic E-state index is -0.0827. The summed E-state index contributed by atoms with van der Waals surface area (Å²) in [6.45, 7) is 0.392. The number of hydrogen-bond acceptors (Lipinski definition) is 4. The van der Waals surface area contributed by atoms with Crippen LogP contribution >= 0.6 is 24.0 Å². The van der Waals surface area contributed by atoms with E-state index in [0.717, 1.165) is 39.7 Å². The fourth-order valence-corrected chi connectivity index (χ4v) is 3.33. The van der Waals surface area contributed by atoms with Gasteiger partial charge in [-0.2, -0.15) is 10.2 Å². The Kier molecular flexibility index (Phi) is 6.41. The molecule has 1 unspecified atom stereocenters. The Morgan fingerprint density at radius 2 is 2.12 bits per heavy atom. The maximum absolute atomic E-state index is 6.36. The first-order valence-corrected chi connectivity index (χ1v) is 7.93. The van der Waals surface area contributed by atoms with E-state index in [1.165, 1.54) is 0 Å². The van der Waals surface area contributed by atoms with Gasteiger partial charge in [0.15, 0.2) is 0 Å². The van der Waals surface area contributed by atoms with Crippen LogP contribution in [0.15, 0.2) is 34.5 Å². The zero-order chi connectivity index (χ0) is 17.1. The number of H-pyrrole nitrogens is 1. The number of nitrogens with two attached hydrogens (primary N) is 2. The van der Waals surface area contributed by atoms with Crippen molar-refractivity contribution >= 4 is 35.7 Å². The molecule has 0 bridgehead atoms. The minimum absolute atomic E-state index is 0. The summed E-state index contributed by atoms with van der Waals surface area (Å²) < 4.78 is 5.21. The summed E-state index contributed by atoms with van der Waals surface area (Å²) in [6, 6.07) is 7.82. The largest absolute Gasteiger partial charge is 0.378 e. The van der Waals surface area contributed by atoms with E-state index in [2.05, 4.69) is 20.4 Å². The van der Waals surface area contributed by atoms with Gasteiger partial charge in [0.05, 0.1) is 18.0 Å². The monoisotopic (exact) mass is 382 g/mol. The number of halogens is 2. The first-order valence-electron chi connectivity index (χ1n) is 7.55. The molecule has 0 radical (unpaired) electrons. The van der Waals surface area contributed by atoms with Crippen LogP contribution in [-0.2, 0) is 17.8 Å². The van der Waals surface area contributed by atoms with Crippen molar-refractivity contribution in [3.8, 4) is 0 Å². The fraction of sp³-hybridized carbons (Fsp3) is 0.312. The van der Waals surface area contributed by atoms with E-state index in [9.17, 15) is 0 Å². The number of aromatic amines is 1. The number of nitrogens with one attached hydrogen (secondary N) is 1. The highest BCUT2D eigenvalue weighted by atomic mass is 35.5. The number of aromatic nitrogens is 2. The molecule has 1 aromatic carbocycles. The lowest BCUT2D eigenvalue weighted by atomic mass is 9.81. The molecule has 1 aliphatic carbocycles. The maximum atomic E-state index is 6.36. The number of hydrogen-bond donors (Lipinski definition) is 3. The Labute approximate surface area is 156 Å². The zero-order valence-electron chi connectivity index (χ0n) is 13.7. The molecule has 3 rings (SSSR count). The summed E-state index contributed by atoms with van der Waals surface area (Å²) in [7, 11) is 1.63. The topological polar surface area (TPSA) is 115 Å². The number of fused-ring (bicyclic) bond motifs is 1. The highest BCUT2D eigenvalue weighted by Crippen LogP contribution is 2.36. The van der Waals surface area contributed by atoms with Crippen LogP contribution < -0.4 is 11.5 Å². The van der Waals surface area contributed by atoms with Crippen LogP contribution in [0.1, 0.15) is 34.9 Å². The van der Waals surface area contributed by atoms with Crippen molar-refractivity contribution < 1.29 is 4.74 Å². The quantitative estimate of drug-likeness (QED) is 0.427. The van der Waals surface area contributed by atoms with E-state index in [1.54, 1.807) is 7.11 Å². The van der Waals surface area contributed by atoms with Gasteiger partial charge in [0.25, 0.3) is 0 Å². The number of ether oxygens (including phenoxy) is 1. The van der Waals surface area contributed by atoms with Gasteiger partial charge in [0, 0.05) is 23.4 Å². The molecular formula is C16H20Cl2N6O. The normalized spacial score (nSPS) is 17.7. The predicted octanol–water partition coefficient (Wildman–Crippen LogP) is 2.34. The summed E-state index contributed by atoms with van der Waals surface area (Å²) in [4.78, 5) is 0. The summed E-state index contributed by atoms with van der Waals surface area (Å²) >= 11 is 6.36. The molecule has 25 heavy (non-hydrogen) atoms. The van der Waals surface area contributed by atoms with Crippen molar-refractivity contribution in [3.63, 3.8) is 0 Å². The zero-order valence-corrected chi connectivity index (χ0v) is 15.3. The molecule has 0 amide bonds.